The first-order valence-electron chi connectivity index (χ1n) is 8.46. The number of nitro groups is 1. The lowest BCUT2D eigenvalue weighted by Gasteiger charge is -2.07. The van der Waals surface area contributed by atoms with Crippen LogP contribution in [-0.4, -0.2) is 16.8 Å². The molecule has 0 saturated carbocycles. The minimum atomic E-state index is -0.774. The predicted molar refractivity (Wildman–Crippen MR) is 101 cm³/mol. The van der Waals surface area contributed by atoms with Crippen LogP contribution in [0.1, 0.15) is 32.6 Å². The Hall–Kier alpha value is -3.68. The highest BCUT2D eigenvalue weighted by Gasteiger charge is 2.19. The van der Waals surface area contributed by atoms with Gasteiger partial charge in [-0.1, -0.05) is 0 Å². The summed E-state index contributed by atoms with van der Waals surface area (Å²) in [4.78, 5) is 34.0. The van der Waals surface area contributed by atoms with Crippen LogP contribution in [0.4, 0.5) is 5.69 Å². The molecule has 1 aromatic heterocycles. The molecule has 0 unspecified atom stereocenters. The molecule has 0 aliphatic carbocycles. The molecular weight excluding hydrogens is 364 g/mol. The third kappa shape index (κ3) is 3.85. The Morgan fingerprint density at radius 3 is 2.54 bits per heavy atom. The largest absolute Gasteiger partial charge is 0.464 e. The van der Waals surface area contributed by atoms with Gasteiger partial charge in [0.05, 0.1) is 23.2 Å². The van der Waals surface area contributed by atoms with Crippen LogP contribution in [0.15, 0.2) is 41.0 Å². The number of ether oxygens (including phenoxy) is 1. The fourth-order valence-electron chi connectivity index (χ4n) is 2.85. The molecule has 0 radical (unpaired) electrons. The maximum absolute atomic E-state index is 12.2. The summed E-state index contributed by atoms with van der Waals surface area (Å²) >= 11 is 0. The van der Waals surface area contributed by atoms with E-state index in [4.69, 9.17) is 14.9 Å². The summed E-state index contributed by atoms with van der Waals surface area (Å²) in [6.07, 6.45) is 1.48. The van der Waals surface area contributed by atoms with E-state index in [-0.39, 0.29) is 29.8 Å². The Kier molecular flexibility index (Phi) is 5.12. The van der Waals surface area contributed by atoms with Crippen molar-refractivity contribution in [1.82, 2.24) is 0 Å². The summed E-state index contributed by atoms with van der Waals surface area (Å²) < 4.78 is 10.7. The summed E-state index contributed by atoms with van der Waals surface area (Å²) in [7, 11) is 0. The van der Waals surface area contributed by atoms with Crippen LogP contribution in [0, 0.1) is 24.0 Å². The van der Waals surface area contributed by atoms with Crippen LogP contribution < -0.4 is 5.73 Å². The lowest BCUT2D eigenvalue weighted by Crippen LogP contribution is -2.12. The normalized spacial score (nSPS) is 10.8. The lowest BCUT2D eigenvalue weighted by atomic mass is 10.0. The molecule has 1 amide bonds. The minimum Gasteiger partial charge on any atom is -0.464 e. The maximum Gasteiger partial charge on any atom is 0.310 e. The second-order valence-electron chi connectivity index (χ2n) is 6.50. The SMILES string of the molecule is Cc1cc2occ(CC(=O)OCc3ccc(C(N)=O)cc3[N+](=O)[O-])c2cc1C. The first-order valence-corrected chi connectivity index (χ1v) is 8.46. The van der Waals surface area contributed by atoms with Gasteiger partial charge in [0.25, 0.3) is 5.69 Å². The van der Waals surface area contributed by atoms with E-state index in [0.29, 0.717) is 11.1 Å². The molecule has 2 aromatic carbocycles. The average molecular weight is 382 g/mol. The van der Waals surface area contributed by atoms with Crippen LogP contribution in [0.3, 0.4) is 0 Å². The molecule has 3 rings (SSSR count). The van der Waals surface area contributed by atoms with Crippen molar-refractivity contribution in [2.75, 3.05) is 0 Å². The third-order valence-electron chi connectivity index (χ3n) is 4.56. The molecule has 0 atom stereocenters. The molecule has 0 bridgehead atoms. The molecule has 28 heavy (non-hydrogen) atoms. The Labute approximate surface area is 160 Å². The smallest absolute Gasteiger partial charge is 0.310 e. The zero-order valence-electron chi connectivity index (χ0n) is 15.4. The van der Waals surface area contributed by atoms with E-state index in [1.807, 2.05) is 26.0 Å². The number of nitrogens with two attached hydrogens (primary N) is 1. The van der Waals surface area contributed by atoms with Crippen molar-refractivity contribution >= 4 is 28.5 Å². The van der Waals surface area contributed by atoms with Gasteiger partial charge in [0.15, 0.2) is 0 Å². The van der Waals surface area contributed by atoms with E-state index < -0.39 is 16.8 Å². The molecule has 3 aromatic rings. The van der Waals surface area contributed by atoms with E-state index in [0.717, 1.165) is 22.6 Å². The molecule has 144 valence electrons. The van der Waals surface area contributed by atoms with Gasteiger partial charge in [0.1, 0.15) is 12.2 Å². The van der Waals surface area contributed by atoms with E-state index >= 15 is 0 Å². The van der Waals surface area contributed by atoms with Gasteiger partial charge in [-0.3, -0.25) is 19.7 Å². The van der Waals surface area contributed by atoms with Crippen molar-refractivity contribution in [2.24, 2.45) is 5.73 Å². The number of carbonyl (C=O) groups is 2. The number of hydrogen-bond donors (Lipinski definition) is 1. The number of nitro benzene ring substituents is 1. The van der Waals surface area contributed by atoms with E-state index in [1.54, 1.807) is 0 Å². The molecule has 1 heterocycles. The summed E-state index contributed by atoms with van der Waals surface area (Å²) in [5, 5.41) is 12.0. The number of amides is 1. The third-order valence-corrected chi connectivity index (χ3v) is 4.56. The number of rotatable bonds is 6. The summed E-state index contributed by atoms with van der Waals surface area (Å²) in [5.41, 5.74) is 8.52. The van der Waals surface area contributed by atoms with Crippen molar-refractivity contribution < 1.29 is 23.7 Å². The second-order valence-corrected chi connectivity index (χ2v) is 6.50. The molecule has 8 heteroatoms. The quantitative estimate of drug-likeness (QED) is 0.396. The Morgan fingerprint density at radius 1 is 1.14 bits per heavy atom. The zero-order chi connectivity index (χ0) is 20.4. The Bertz CT molecular complexity index is 1100. The van der Waals surface area contributed by atoms with E-state index in [2.05, 4.69) is 0 Å². The summed E-state index contributed by atoms with van der Waals surface area (Å²) in [6.45, 7) is 3.66. The first-order chi connectivity index (χ1) is 13.3. The Morgan fingerprint density at radius 2 is 1.86 bits per heavy atom. The predicted octanol–water partition coefficient (Wildman–Crippen LogP) is 3.34. The number of fused-ring (bicyclic) bond motifs is 1. The van der Waals surface area contributed by atoms with Crippen molar-refractivity contribution in [3.63, 3.8) is 0 Å². The highest BCUT2D eigenvalue weighted by molar-refractivity contribution is 5.93. The maximum atomic E-state index is 12.2. The van der Waals surface area contributed by atoms with Gasteiger partial charge >= 0.3 is 5.97 Å². The van der Waals surface area contributed by atoms with Crippen molar-refractivity contribution in [3.8, 4) is 0 Å². The number of hydrogen-bond acceptors (Lipinski definition) is 6. The highest BCUT2D eigenvalue weighted by Crippen LogP contribution is 2.26. The number of carbonyl (C=O) groups excluding carboxylic acids is 2. The summed E-state index contributed by atoms with van der Waals surface area (Å²) in [5.74, 6) is -1.32. The highest BCUT2D eigenvalue weighted by atomic mass is 16.6. The second kappa shape index (κ2) is 7.51. The van der Waals surface area contributed by atoms with Gasteiger partial charge in [-0.25, -0.2) is 0 Å². The summed E-state index contributed by atoms with van der Waals surface area (Å²) in [6, 6.07) is 7.63. The monoisotopic (exact) mass is 382 g/mol. The number of aryl methyl sites for hydroxylation is 2. The molecule has 2 N–H and O–H groups in total. The molecule has 0 aliphatic heterocycles. The molecule has 0 spiro atoms. The Balaban J connectivity index is 1.74. The van der Waals surface area contributed by atoms with E-state index in [9.17, 15) is 19.7 Å². The molecular formula is C20H18N2O6. The first kappa shape index (κ1) is 19.1. The van der Waals surface area contributed by atoms with Crippen molar-refractivity contribution in [2.45, 2.75) is 26.9 Å². The van der Waals surface area contributed by atoms with Crippen molar-refractivity contribution in [3.05, 3.63) is 74.5 Å². The van der Waals surface area contributed by atoms with Gasteiger partial charge in [0.2, 0.25) is 5.91 Å². The average Bonchev–Trinajstić information content (AvgIpc) is 3.01. The zero-order valence-corrected chi connectivity index (χ0v) is 15.4. The van der Waals surface area contributed by atoms with Gasteiger partial charge in [-0.2, -0.15) is 0 Å². The van der Waals surface area contributed by atoms with Gasteiger partial charge in [-0.05, 0) is 49.2 Å². The minimum absolute atomic E-state index is 0.0114. The molecule has 0 fully saturated rings. The van der Waals surface area contributed by atoms with Gasteiger partial charge in [-0.15, -0.1) is 0 Å². The fraction of sp³-hybridized carbons (Fsp3) is 0.200. The number of nitrogens with zero attached hydrogens (tertiary/aromatic N) is 1. The van der Waals surface area contributed by atoms with E-state index in [1.165, 1.54) is 18.4 Å². The van der Waals surface area contributed by atoms with Gasteiger partial charge in [0, 0.05) is 22.6 Å². The van der Waals surface area contributed by atoms with Gasteiger partial charge < -0.3 is 14.9 Å². The molecule has 8 nitrogen and oxygen atoms in total. The topological polar surface area (TPSA) is 126 Å². The molecule has 0 aliphatic rings. The lowest BCUT2D eigenvalue weighted by molar-refractivity contribution is -0.385. The van der Waals surface area contributed by atoms with Crippen molar-refractivity contribution in [1.29, 1.82) is 0 Å². The van der Waals surface area contributed by atoms with Crippen LogP contribution >= 0.6 is 0 Å². The van der Waals surface area contributed by atoms with Crippen LogP contribution in [-0.2, 0) is 22.6 Å². The fourth-order valence-corrected chi connectivity index (χ4v) is 2.85. The van der Waals surface area contributed by atoms with Crippen LogP contribution in [0.2, 0.25) is 0 Å². The number of benzene rings is 2. The van der Waals surface area contributed by atoms with Crippen LogP contribution in [0.25, 0.3) is 11.0 Å². The number of primary amides is 1. The standard InChI is InChI=1S/C20H18N2O6/c1-11-5-16-15(10-27-18(16)6-12(11)2)8-19(23)28-9-14-4-3-13(20(21)24)7-17(14)22(25)26/h3-7,10H,8-9H2,1-2H3,(H2,21,24). The molecule has 0 saturated heterocycles. The number of esters is 1. The van der Waals surface area contributed by atoms with Crippen LogP contribution in [0.5, 0.6) is 0 Å². The number of furan rings is 1.